The van der Waals surface area contributed by atoms with Crippen LogP contribution in [0.4, 0.5) is 4.79 Å². The van der Waals surface area contributed by atoms with E-state index in [0.29, 0.717) is 24.1 Å². The second-order valence-corrected chi connectivity index (χ2v) is 10.0. The Morgan fingerprint density at radius 1 is 1.06 bits per heavy atom. The zero-order valence-electron chi connectivity index (χ0n) is 22.3. The minimum absolute atomic E-state index is 0.101. The Hall–Kier alpha value is -3.55. The minimum atomic E-state index is -0.974. The maximum atomic E-state index is 13.7. The van der Waals surface area contributed by atoms with E-state index in [-0.39, 0.29) is 17.7 Å². The summed E-state index contributed by atoms with van der Waals surface area (Å²) in [7, 11) is 0. The van der Waals surface area contributed by atoms with Crippen molar-refractivity contribution in [2.75, 3.05) is 0 Å². The molecule has 0 bridgehead atoms. The van der Waals surface area contributed by atoms with Crippen LogP contribution >= 0.6 is 0 Å². The van der Waals surface area contributed by atoms with Crippen molar-refractivity contribution in [3.05, 3.63) is 65.2 Å². The first-order valence-electron chi connectivity index (χ1n) is 12.3. The molecule has 0 saturated heterocycles. The summed E-state index contributed by atoms with van der Waals surface area (Å²) in [6.45, 7) is 12.6. The number of carbonyl (C=O) groups excluding carboxylic acids is 3. The van der Waals surface area contributed by atoms with Crippen molar-refractivity contribution in [1.82, 2.24) is 15.5 Å². The zero-order valence-corrected chi connectivity index (χ0v) is 22.3. The van der Waals surface area contributed by atoms with Crippen molar-refractivity contribution in [3.63, 3.8) is 0 Å². The van der Waals surface area contributed by atoms with Gasteiger partial charge in [-0.3, -0.25) is 9.59 Å². The Balaban J connectivity index is 2.42. The van der Waals surface area contributed by atoms with E-state index in [9.17, 15) is 19.5 Å². The second-order valence-electron chi connectivity index (χ2n) is 10.0. The lowest BCUT2D eigenvalue weighted by molar-refractivity contribution is -0.144. The molecule has 2 aromatic rings. The number of nitrogens with zero attached hydrogens (tertiary/aromatic N) is 1. The largest absolute Gasteiger partial charge is 0.508 e. The Morgan fingerprint density at radius 3 is 2.25 bits per heavy atom. The number of rotatable bonds is 9. The summed E-state index contributed by atoms with van der Waals surface area (Å²) in [5, 5.41) is 15.6. The highest BCUT2D eigenvalue weighted by molar-refractivity contribution is 5.92. The summed E-state index contributed by atoms with van der Waals surface area (Å²) in [6.07, 6.45) is -0.122. The summed E-state index contributed by atoms with van der Waals surface area (Å²) in [5.74, 6) is -0.675. The number of phenolic OH excluding ortho intramolecular Hbond substituents is 1. The van der Waals surface area contributed by atoms with Crippen molar-refractivity contribution >= 4 is 17.9 Å². The van der Waals surface area contributed by atoms with E-state index in [4.69, 9.17) is 4.74 Å². The van der Waals surface area contributed by atoms with Crippen molar-refractivity contribution < 1.29 is 24.2 Å². The van der Waals surface area contributed by atoms with Crippen LogP contribution in [0.2, 0.25) is 0 Å². The van der Waals surface area contributed by atoms with Crippen LogP contribution < -0.4 is 10.6 Å². The lowest BCUT2D eigenvalue weighted by Gasteiger charge is -2.37. The topological polar surface area (TPSA) is 108 Å². The van der Waals surface area contributed by atoms with Gasteiger partial charge in [0.2, 0.25) is 11.8 Å². The molecule has 0 aliphatic carbocycles. The highest BCUT2D eigenvalue weighted by atomic mass is 16.6. The Kier molecular flexibility index (Phi) is 9.90. The van der Waals surface area contributed by atoms with E-state index < -0.39 is 29.7 Å². The molecular formula is C28H39N3O5. The van der Waals surface area contributed by atoms with Gasteiger partial charge in [0.05, 0.1) is 0 Å². The molecule has 0 radical (unpaired) electrons. The molecule has 0 saturated carbocycles. The molecule has 0 aliphatic rings. The van der Waals surface area contributed by atoms with E-state index in [2.05, 4.69) is 10.6 Å². The number of aryl methyl sites for hydroxylation is 1. The molecule has 0 heterocycles. The first-order chi connectivity index (χ1) is 16.8. The molecule has 2 aromatic carbocycles. The van der Waals surface area contributed by atoms with Crippen molar-refractivity contribution in [2.24, 2.45) is 0 Å². The molecule has 3 N–H and O–H groups in total. The van der Waals surface area contributed by atoms with Gasteiger partial charge in [-0.2, -0.15) is 0 Å². The quantitative estimate of drug-likeness (QED) is 0.469. The predicted octanol–water partition coefficient (Wildman–Crippen LogP) is 4.60. The molecule has 3 atom stereocenters. The van der Waals surface area contributed by atoms with Gasteiger partial charge in [-0.1, -0.05) is 43.3 Å². The van der Waals surface area contributed by atoms with E-state index in [0.717, 1.165) is 5.56 Å². The summed E-state index contributed by atoms with van der Waals surface area (Å²) >= 11 is 0. The average Bonchev–Trinajstić information content (AvgIpc) is 2.81. The number of amides is 3. The van der Waals surface area contributed by atoms with Gasteiger partial charge in [-0.15, -0.1) is 0 Å². The fourth-order valence-electron chi connectivity index (χ4n) is 3.73. The number of carbonyl (C=O) groups is 3. The van der Waals surface area contributed by atoms with Crippen LogP contribution in [0.25, 0.3) is 0 Å². The van der Waals surface area contributed by atoms with E-state index in [1.165, 1.54) is 11.0 Å². The van der Waals surface area contributed by atoms with Crippen molar-refractivity contribution in [2.45, 2.75) is 85.2 Å². The molecular weight excluding hydrogens is 458 g/mol. The number of alkyl carbamates (subject to hydrolysis) is 1. The molecule has 3 unspecified atom stereocenters. The lowest BCUT2D eigenvalue weighted by atomic mass is 9.98. The molecule has 0 spiro atoms. The normalized spacial score (nSPS) is 13.8. The van der Waals surface area contributed by atoms with E-state index in [1.807, 2.05) is 44.2 Å². The van der Waals surface area contributed by atoms with Crippen LogP contribution in [0.15, 0.2) is 48.5 Å². The molecule has 36 heavy (non-hydrogen) atoms. The van der Waals surface area contributed by atoms with Gasteiger partial charge in [0, 0.05) is 12.6 Å². The fourth-order valence-corrected chi connectivity index (χ4v) is 3.73. The van der Waals surface area contributed by atoms with Gasteiger partial charge in [0.15, 0.2) is 0 Å². The molecule has 196 valence electrons. The van der Waals surface area contributed by atoms with Gasteiger partial charge in [0.1, 0.15) is 23.4 Å². The molecule has 8 nitrogen and oxygen atoms in total. The van der Waals surface area contributed by atoms with E-state index in [1.54, 1.807) is 46.8 Å². The van der Waals surface area contributed by atoms with Gasteiger partial charge >= 0.3 is 6.09 Å². The molecule has 8 heteroatoms. The molecule has 2 rings (SSSR count). The predicted molar refractivity (Wildman–Crippen MR) is 139 cm³/mol. The molecule has 3 amide bonds. The fraction of sp³-hybridized carbons (Fsp3) is 0.464. The Bertz CT molecular complexity index is 1050. The monoisotopic (exact) mass is 497 g/mol. The number of benzene rings is 2. The molecule has 0 fully saturated rings. The van der Waals surface area contributed by atoms with Crippen molar-refractivity contribution in [3.8, 4) is 5.75 Å². The third kappa shape index (κ3) is 8.00. The standard InChI is InChI=1S/C28H39N3O5/c1-8-19(3)31(26(34)20(4)30-27(35)36-28(5,6)7)24(22-14-15-23(32)18(2)16-22)25(33)29-17-21-12-10-9-11-13-21/h9-16,19-20,24,32H,8,17H2,1-7H3,(H,29,33)(H,30,35). The maximum Gasteiger partial charge on any atom is 0.408 e. The van der Waals surface area contributed by atoms with Gasteiger partial charge < -0.3 is 25.4 Å². The van der Waals surface area contributed by atoms with Gasteiger partial charge in [-0.25, -0.2) is 4.79 Å². The van der Waals surface area contributed by atoms with E-state index >= 15 is 0 Å². The highest BCUT2D eigenvalue weighted by Crippen LogP contribution is 2.29. The van der Waals surface area contributed by atoms with Gasteiger partial charge in [0.25, 0.3) is 0 Å². The smallest absolute Gasteiger partial charge is 0.408 e. The first-order valence-corrected chi connectivity index (χ1v) is 12.3. The number of hydrogen-bond acceptors (Lipinski definition) is 5. The van der Waals surface area contributed by atoms with Crippen LogP contribution in [-0.4, -0.2) is 45.6 Å². The Morgan fingerprint density at radius 2 is 1.69 bits per heavy atom. The second kappa shape index (κ2) is 12.4. The SMILES string of the molecule is CCC(C)N(C(=O)C(C)NC(=O)OC(C)(C)C)C(C(=O)NCc1ccccc1)c1ccc(O)c(C)c1. The zero-order chi connectivity index (χ0) is 27.0. The third-order valence-electron chi connectivity index (χ3n) is 5.80. The van der Waals surface area contributed by atoms with Crippen LogP contribution in [0.5, 0.6) is 5.75 Å². The van der Waals surface area contributed by atoms with Crippen molar-refractivity contribution in [1.29, 1.82) is 0 Å². The summed E-state index contributed by atoms with van der Waals surface area (Å²) in [6, 6.07) is 12.1. The first kappa shape index (κ1) is 28.7. The average molecular weight is 498 g/mol. The van der Waals surface area contributed by atoms with Crippen LogP contribution in [0, 0.1) is 6.92 Å². The third-order valence-corrected chi connectivity index (χ3v) is 5.80. The summed E-state index contributed by atoms with van der Waals surface area (Å²) in [4.78, 5) is 41.2. The van der Waals surface area contributed by atoms with Crippen LogP contribution in [0.1, 0.15) is 70.7 Å². The molecule has 0 aromatic heterocycles. The number of aromatic hydroxyl groups is 1. The summed E-state index contributed by atoms with van der Waals surface area (Å²) in [5.41, 5.74) is 1.36. The summed E-state index contributed by atoms with van der Waals surface area (Å²) < 4.78 is 5.31. The number of ether oxygens (including phenoxy) is 1. The lowest BCUT2D eigenvalue weighted by Crippen LogP contribution is -2.54. The van der Waals surface area contributed by atoms with Gasteiger partial charge in [-0.05, 0) is 76.8 Å². The van der Waals surface area contributed by atoms with Crippen LogP contribution in [-0.2, 0) is 20.9 Å². The number of nitrogens with one attached hydrogen (secondary N) is 2. The number of hydrogen-bond donors (Lipinski definition) is 3. The molecule has 0 aliphatic heterocycles. The highest BCUT2D eigenvalue weighted by Gasteiger charge is 2.37. The van der Waals surface area contributed by atoms with Crippen LogP contribution in [0.3, 0.4) is 0 Å². The minimum Gasteiger partial charge on any atom is -0.508 e. The maximum absolute atomic E-state index is 13.7. The Labute approximate surface area is 214 Å². The number of phenols is 1.